The average molecular weight is 333 g/mol. The molecule has 0 saturated heterocycles. The Bertz CT molecular complexity index is 870. The number of nitrogens with one attached hydrogen (secondary N) is 1. The fourth-order valence-electron chi connectivity index (χ4n) is 2.24. The zero-order valence-electron chi connectivity index (χ0n) is 13.9. The standard InChI is InChI=1S/C17H20FN3O3/c1-4-12(3)19-15(22)10-20-7-8-21(17(24)16(20)23)14-9-13(18)6-5-11(14)2/h5-9,12H,4,10H2,1-3H3,(H,19,22). The van der Waals surface area contributed by atoms with E-state index in [2.05, 4.69) is 5.32 Å². The van der Waals surface area contributed by atoms with Crippen LogP contribution in [0.2, 0.25) is 0 Å². The number of carbonyl (C=O) groups is 1. The summed E-state index contributed by atoms with van der Waals surface area (Å²) in [4.78, 5) is 36.4. The number of amides is 1. The lowest BCUT2D eigenvalue weighted by Crippen LogP contribution is -2.43. The summed E-state index contributed by atoms with van der Waals surface area (Å²) in [6.07, 6.45) is 3.48. The fourth-order valence-corrected chi connectivity index (χ4v) is 2.24. The van der Waals surface area contributed by atoms with Crippen LogP contribution in [-0.4, -0.2) is 21.1 Å². The Morgan fingerprint density at radius 2 is 1.96 bits per heavy atom. The van der Waals surface area contributed by atoms with E-state index in [1.807, 2.05) is 13.8 Å². The van der Waals surface area contributed by atoms with Gasteiger partial charge in [-0.2, -0.15) is 0 Å². The van der Waals surface area contributed by atoms with Crippen molar-refractivity contribution in [2.24, 2.45) is 0 Å². The van der Waals surface area contributed by atoms with Crippen LogP contribution in [0, 0.1) is 12.7 Å². The van der Waals surface area contributed by atoms with E-state index in [1.165, 1.54) is 30.6 Å². The van der Waals surface area contributed by atoms with Crippen LogP contribution in [0.4, 0.5) is 4.39 Å². The van der Waals surface area contributed by atoms with Crippen molar-refractivity contribution in [3.8, 4) is 5.69 Å². The summed E-state index contributed by atoms with van der Waals surface area (Å²) < 4.78 is 15.6. The molecule has 1 aromatic heterocycles. The number of benzene rings is 1. The molecular weight excluding hydrogens is 313 g/mol. The highest BCUT2D eigenvalue weighted by Crippen LogP contribution is 2.13. The second kappa shape index (κ2) is 7.25. The first kappa shape index (κ1) is 17.7. The fraction of sp³-hybridized carbons (Fsp3) is 0.353. The maximum atomic E-state index is 13.4. The van der Waals surface area contributed by atoms with Crippen molar-refractivity contribution in [3.05, 3.63) is 62.7 Å². The van der Waals surface area contributed by atoms with Gasteiger partial charge in [0.1, 0.15) is 12.4 Å². The summed E-state index contributed by atoms with van der Waals surface area (Å²) in [6.45, 7) is 5.26. The Labute approximate surface area is 138 Å². The molecule has 0 saturated carbocycles. The molecule has 0 spiro atoms. The summed E-state index contributed by atoms with van der Waals surface area (Å²) in [5.41, 5.74) is -0.707. The number of hydrogen-bond acceptors (Lipinski definition) is 3. The van der Waals surface area contributed by atoms with Gasteiger partial charge in [0.15, 0.2) is 0 Å². The van der Waals surface area contributed by atoms with Gasteiger partial charge in [-0.15, -0.1) is 0 Å². The van der Waals surface area contributed by atoms with Crippen LogP contribution >= 0.6 is 0 Å². The second-order valence-corrected chi connectivity index (χ2v) is 5.71. The van der Waals surface area contributed by atoms with Crippen molar-refractivity contribution in [3.63, 3.8) is 0 Å². The normalized spacial score (nSPS) is 12.0. The number of carbonyl (C=O) groups excluding carboxylic acids is 1. The van der Waals surface area contributed by atoms with Crippen molar-refractivity contribution >= 4 is 5.91 Å². The Balaban J connectivity index is 2.36. The van der Waals surface area contributed by atoms with Crippen LogP contribution in [0.15, 0.2) is 40.2 Å². The molecular formula is C17H20FN3O3. The number of aromatic nitrogens is 2. The van der Waals surface area contributed by atoms with Gasteiger partial charge in [0.25, 0.3) is 0 Å². The smallest absolute Gasteiger partial charge is 0.320 e. The molecule has 0 fully saturated rings. The minimum atomic E-state index is -0.833. The lowest BCUT2D eigenvalue weighted by Gasteiger charge is -2.13. The summed E-state index contributed by atoms with van der Waals surface area (Å²) in [5, 5.41) is 2.73. The third-order valence-electron chi connectivity index (χ3n) is 3.82. The minimum Gasteiger partial charge on any atom is -0.352 e. The molecule has 1 N–H and O–H groups in total. The molecule has 1 unspecified atom stereocenters. The highest BCUT2D eigenvalue weighted by Gasteiger charge is 2.12. The second-order valence-electron chi connectivity index (χ2n) is 5.71. The quantitative estimate of drug-likeness (QED) is 0.840. The first-order valence-electron chi connectivity index (χ1n) is 7.71. The van der Waals surface area contributed by atoms with E-state index < -0.39 is 16.9 Å². The van der Waals surface area contributed by atoms with Gasteiger partial charge in [-0.1, -0.05) is 13.0 Å². The van der Waals surface area contributed by atoms with Gasteiger partial charge in [0, 0.05) is 18.4 Å². The summed E-state index contributed by atoms with van der Waals surface area (Å²) in [6, 6.07) is 3.99. The van der Waals surface area contributed by atoms with Crippen molar-refractivity contribution in [2.75, 3.05) is 0 Å². The highest BCUT2D eigenvalue weighted by molar-refractivity contribution is 5.75. The minimum absolute atomic E-state index is 0.0106. The molecule has 1 aromatic carbocycles. The molecule has 7 heteroatoms. The molecule has 24 heavy (non-hydrogen) atoms. The van der Waals surface area contributed by atoms with Gasteiger partial charge in [-0.3, -0.25) is 23.5 Å². The van der Waals surface area contributed by atoms with E-state index in [0.717, 1.165) is 15.6 Å². The molecule has 1 amide bonds. The Morgan fingerprint density at radius 3 is 2.62 bits per heavy atom. The third-order valence-corrected chi connectivity index (χ3v) is 3.82. The largest absolute Gasteiger partial charge is 0.352 e. The molecule has 0 aliphatic heterocycles. The zero-order valence-corrected chi connectivity index (χ0v) is 13.9. The number of rotatable bonds is 5. The molecule has 0 aliphatic rings. The summed E-state index contributed by atoms with van der Waals surface area (Å²) in [7, 11) is 0. The maximum Gasteiger partial charge on any atom is 0.320 e. The SMILES string of the molecule is CCC(C)NC(=O)Cn1ccn(-c2cc(F)ccc2C)c(=O)c1=O. The molecule has 2 aromatic rings. The molecule has 128 valence electrons. The summed E-state index contributed by atoms with van der Waals surface area (Å²) >= 11 is 0. The topological polar surface area (TPSA) is 73.1 Å². The third kappa shape index (κ3) is 3.79. The molecule has 2 rings (SSSR count). The predicted molar refractivity (Wildman–Crippen MR) is 88.9 cm³/mol. The first-order valence-corrected chi connectivity index (χ1v) is 7.71. The van der Waals surface area contributed by atoms with Crippen LogP contribution < -0.4 is 16.4 Å². The van der Waals surface area contributed by atoms with Gasteiger partial charge in [-0.05, 0) is 38.0 Å². The van der Waals surface area contributed by atoms with Crippen molar-refractivity contribution in [1.82, 2.24) is 14.5 Å². The van der Waals surface area contributed by atoms with Crippen LogP contribution in [0.5, 0.6) is 0 Å². The Morgan fingerprint density at radius 1 is 1.25 bits per heavy atom. The molecule has 0 bridgehead atoms. The van der Waals surface area contributed by atoms with Gasteiger partial charge in [0.2, 0.25) is 5.91 Å². The van der Waals surface area contributed by atoms with Crippen LogP contribution in [-0.2, 0) is 11.3 Å². The van der Waals surface area contributed by atoms with E-state index in [1.54, 1.807) is 6.92 Å². The van der Waals surface area contributed by atoms with Gasteiger partial charge >= 0.3 is 11.1 Å². The molecule has 1 heterocycles. The summed E-state index contributed by atoms with van der Waals surface area (Å²) in [5.74, 6) is -0.842. The number of nitrogens with zero attached hydrogens (tertiary/aromatic N) is 2. The van der Waals surface area contributed by atoms with Crippen molar-refractivity contribution < 1.29 is 9.18 Å². The lowest BCUT2D eigenvalue weighted by molar-refractivity contribution is -0.122. The monoisotopic (exact) mass is 333 g/mol. The van der Waals surface area contributed by atoms with E-state index in [0.29, 0.717) is 11.3 Å². The van der Waals surface area contributed by atoms with Crippen molar-refractivity contribution in [2.45, 2.75) is 39.8 Å². The maximum absolute atomic E-state index is 13.4. The predicted octanol–water partition coefficient (Wildman–Crippen LogP) is 1.36. The zero-order chi connectivity index (χ0) is 17.9. The van der Waals surface area contributed by atoms with Gasteiger partial charge < -0.3 is 5.32 Å². The lowest BCUT2D eigenvalue weighted by atomic mass is 10.2. The number of halogens is 1. The van der Waals surface area contributed by atoms with E-state index in [-0.39, 0.29) is 18.5 Å². The van der Waals surface area contributed by atoms with E-state index in [9.17, 15) is 18.8 Å². The van der Waals surface area contributed by atoms with Crippen LogP contribution in [0.25, 0.3) is 5.69 Å². The first-order chi connectivity index (χ1) is 11.3. The number of hydrogen-bond donors (Lipinski definition) is 1. The van der Waals surface area contributed by atoms with Gasteiger partial charge in [-0.25, -0.2) is 4.39 Å². The van der Waals surface area contributed by atoms with E-state index in [4.69, 9.17) is 0 Å². The van der Waals surface area contributed by atoms with Crippen LogP contribution in [0.3, 0.4) is 0 Å². The Hall–Kier alpha value is -2.70. The number of aryl methyl sites for hydroxylation is 1. The molecule has 1 atom stereocenters. The average Bonchev–Trinajstić information content (AvgIpc) is 2.54. The highest BCUT2D eigenvalue weighted by atomic mass is 19.1. The molecule has 6 nitrogen and oxygen atoms in total. The van der Waals surface area contributed by atoms with E-state index >= 15 is 0 Å². The molecule has 0 radical (unpaired) electrons. The van der Waals surface area contributed by atoms with Gasteiger partial charge in [0.05, 0.1) is 5.69 Å². The molecule has 0 aliphatic carbocycles. The Kier molecular flexibility index (Phi) is 5.33. The van der Waals surface area contributed by atoms with Crippen molar-refractivity contribution in [1.29, 1.82) is 0 Å². The van der Waals surface area contributed by atoms with Crippen LogP contribution in [0.1, 0.15) is 25.8 Å².